The van der Waals surface area contributed by atoms with E-state index in [1.165, 1.54) is 6.07 Å². The van der Waals surface area contributed by atoms with Gasteiger partial charge in [-0.3, -0.25) is 4.79 Å². The Morgan fingerprint density at radius 1 is 0.833 bits per heavy atom. The minimum absolute atomic E-state index is 0.159. The third-order valence-corrected chi connectivity index (χ3v) is 3.35. The molecular formula is C18H32O6. The van der Waals surface area contributed by atoms with E-state index >= 15 is 0 Å². The average molecular weight is 344 g/mol. The van der Waals surface area contributed by atoms with Gasteiger partial charge < -0.3 is 24.5 Å². The molecule has 0 aliphatic carbocycles. The van der Waals surface area contributed by atoms with Crippen LogP contribution in [0.2, 0.25) is 0 Å². The van der Waals surface area contributed by atoms with E-state index in [9.17, 15) is 4.79 Å². The molecule has 3 N–H and O–H groups in total. The lowest BCUT2D eigenvalue weighted by molar-refractivity contribution is 0.109. The van der Waals surface area contributed by atoms with Crippen molar-refractivity contribution in [2.75, 3.05) is 26.4 Å². The molecule has 0 bridgehead atoms. The molecule has 6 heteroatoms. The molecule has 140 valence electrons. The van der Waals surface area contributed by atoms with Gasteiger partial charge in [-0.1, -0.05) is 25.7 Å². The molecule has 0 spiro atoms. The Hall–Kier alpha value is -1.21. The van der Waals surface area contributed by atoms with Crippen molar-refractivity contribution in [1.29, 1.82) is 0 Å². The highest BCUT2D eigenvalue weighted by atomic mass is 16.5. The smallest absolute Gasteiger partial charge is 0.185 e. The van der Waals surface area contributed by atoms with Gasteiger partial charge in [-0.15, -0.1) is 0 Å². The van der Waals surface area contributed by atoms with Crippen LogP contribution in [0.4, 0.5) is 0 Å². The van der Waals surface area contributed by atoms with Crippen LogP contribution in [0.1, 0.15) is 67.7 Å². The van der Waals surface area contributed by atoms with E-state index in [0.29, 0.717) is 25.3 Å². The van der Waals surface area contributed by atoms with Gasteiger partial charge in [0.15, 0.2) is 12.0 Å². The monoisotopic (exact) mass is 344 g/mol. The van der Waals surface area contributed by atoms with Crippen molar-refractivity contribution in [1.82, 2.24) is 0 Å². The van der Waals surface area contributed by atoms with E-state index in [1.807, 2.05) is 0 Å². The van der Waals surface area contributed by atoms with E-state index in [-0.39, 0.29) is 12.4 Å². The lowest BCUT2D eigenvalue weighted by atomic mass is 10.2. The Labute approximate surface area is 144 Å². The molecule has 1 aromatic rings. The van der Waals surface area contributed by atoms with Gasteiger partial charge in [0.05, 0.1) is 0 Å². The maximum atomic E-state index is 9.96. The van der Waals surface area contributed by atoms with Gasteiger partial charge in [-0.2, -0.15) is 0 Å². The number of aliphatic hydroxyl groups is 3. The molecule has 0 aliphatic heterocycles. The largest absolute Gasteiger partial charge is 0.456 e. The molecule has 0 amide bonds. The zero-order valence-electron chi connectivity index (χ0n) is 14.5. The molecule has 0 fully saturated rings. The Balaban J connectivity index is 0.000000496. The Morgan fingerprint density at radius 3 is 1.75 bits per heavy atom. The number of rotatable bonds is 14. The minimum atomic E-state index is -0.159. The SMILES string of the molecule is O=Cc1ccc(CO)o1.OCCCCCCOCCCCCCO. The number of aliphatic hydroxyl groups excluding tert-OH is 3. The molecule has 1 heterocycles. The second-order valence-electron chi connectivity index (χ2n) is 5.47. The first-order valence-electron chi connectivity index (χ1n) is 8.72. The van der Waals surface area contributed by atoms with Gasteiger partial charge in [-0.25, -0.2) is 0 Å². The van der Waals surface area contributed by atoms with Crippen molar-refractivity contribution in [3.05, 3.63) is 23.7 Å². The summed E-state index contributed by atoms with van der Waals surface area (Å²) in [6.07, 6.45) is 9.18. The summed E-state index contributed by atoms with van der Waals surface area (Å²) in [5, 5.41) is 25.6. The van der Waals surface area contributed by atoms with Crippen LogP contribution >= 0.6 is 0 Å². The van der Waals surface area contributed by atoms with Crippen LogP contribution in [-0.4, -0.2) is 48.0 Å². The van der Waals surface area contributed by atoms with E-state index < -0.39 is 0 Å². The maximum Gasteiger partial charge on any atom is 0.185 e. The number of unbranched alkanes of at least 4 members (excludes halogenated alkanes) is 6. The van der Waals surface area contributed by atoms with E-state index in [0.717, 1.165) is 64.6 Å². The van der Waals surface area contributed by atoms with Crippen molar-refractivity contribution in [2.24, 2.45) is 0 Å². The highest BCUT2D eigenvalue weighted by Crippen LogP contribution is 2.04. The molecule has 0 atom stereocenters. The number of hydrogen-bond donors (Lipinski definition) is 3. The Bertz CT molecular complexity index is 365. The van der Waals surface area contributed by atoms with Crippen LogP contribution in [0.5, 0.6) is 0 Å². The minimum Gasteiger partial charge on any atom is -0.456 e. The molecule has 1 aromatic heterocycles. The first-order valence-corrected chi connectivity index (χ1v) is 8.72. The summed E-state index contributed by atoms with van der Waals surface area (Å²) in [4.78, 5) is 9.96. The summed E-state index contributed by atoms with van der Waals surface area (Å²) in [5.74, 6) is 0.663. The number of furan rings is 1. The molecule has 0 radical (unpaired) electrons. The second-order valence-corrected chi connectivity index (χ2v) is 5.47. The molecule has 0 aliphatic rings. The third-order valence-electron chi connectivity index (χ3n) is 3.35. The van der Waals surface area contributed by atoms with Crippen LogP contribution in [-0.2, 0) is 11.3 Å². The molecule has 0 saturated heterocycles. The summed E-state index contributed by atoms with van der Waals surface area (Å²) < 4.78 is 10.2. The summed E-state index contributed by atoms with van der Waals surface area (Å²) in [6, 6.07) is 3.07. The van der Waals surface area contributed by atoms with Crippen molar-refractivity contribution in [3.8, 4) is 0 Å². The van der Waals surface area contributed by atoms with Gasteiger partial charge >= 0.3 is 0 Å². The fourth-order valence-corrected chi connectivity index (χ4v) is 1.98. The Morgan fingerprint density at radius 2 is 1.38 bits per heavy atom. The van der Waals surface area contributed by atoms with Crippen LogP contribution < -0.4 is 0 Å². The number of aldehydes is 1. The molecular weight excluding hydrogens is 312 g/mol. The van der Waals surface area contributed by atoms with Crippen molar-refractivity contribution in [2.45, 2.75) is 58.0 Å². The summed E-state index contributed by atoms with van der Waals surface area (Å²) in [5.41, 5.74) is 0. The van der Waals surface area contributed by atoms with Crippen molar-refractivity contribution >= 4 is 6.29 Å². The maximum absolute atomic E-state index is 9.96. The quantitative estimate of drug-likeness (QED) is 0.354. The third kappa shape index (κ3) is 14.4. The first-order chi connectivity index (χ1) is 11.8. The summed E-state index contributed by atoms with van der Waals surface area (Å²) in [7, 11) is 0. The van der Waals surface area contributed by atoms with Crippen LogP contribution in [0.3, 0.4) is 0 Å². The standard InChI is InChI=1S/C12H26O3.C6H6O3/c13-9-5-1-3-7-11-15-12-8-4-2-6-10-14;7-3-5-1-2-6(4-8)9-5/h13-14H,1-12H2;1-3,8H,4H2. The molecule has 0 saturated carbocycles. The molecule has 6 nitrogen and oxygen atoms in total. The van der Waals surface area contributed by atoms with Gasteiger partial charge in [0.25, 0.3) is 0 Å². The molecule has 1 rings (SSSR count). The predicted molar refractivity (Wildman–Crippen MR) is 91.9 cm³/mol. The number of ether oxygens (including phenoxy) is 1. The highest BCUT2D eigenvalue weighted by molar-refractivity contribution is 5.70. The zero-order chi connectivity index (χ0) is 17.9. The van der Waals surface area contributed by atoms with Crippen molar-refractivity contribution < 1.29 is 29.3 Å². The summed E-state index contributed by atoms with van der Waals surface area (Å²) >= 11 is 0. The molecule has 0 aromatic carbocycles. The van der Waals surface area contributed by atoms with Gasteiger partial charge in [-0.05, 0) is 37.8 Å². The average Bonchev–Trinajstić information content (AvgIpc) is 3.09. The van der Waals surface area contributed by atoms with Gasteiger partial charge in [0.2, 0.25) is 0 Å². The van der Waals surface area contributed by atoms with Crippen LogP contribution in [0.25, 0.3) is 0 Å². The summed E-state index contributed by atoms with van der Waals surface area (Å²) in [6.45, 7) is 2.17. The van der Waals surface area contributed by atoms with Crippen LogP contribution in [0.15, 0.2) is 16.5 Å². The van der Waals surface area contributed by atoms with E-state index in [4.69, 9.17) is 24.5 Å². The number of carbonyl (C=O) groups is 1. The molecule has 0 unspecified atom stereocenters. The first kappa shape index (κ1) is 22.8. The molecule has 24 heavy (non-hydrogen) atoms. The second kappa shape index (κ2) is 18.1. The Kier molecular flexibility index (Phi) is 17.2. The topological polar surface area (TPSA) is 100 Å². The lowest BCUT2D eigenvalue weighted by Gasteiger charge is -2.03. The van der Waals surface area contributed by atoms with E-state index in [2.05, 4.69) is 0 Å². The van der Waals surface area contributed by atoms with Crippen molar-refractivity contribution in [3.63, 3.8) is 0 Å². The van der Waals surface area contributed by atoms with Gasteiger partial charge in [0, 0.05) is 26.4 Å². The fraction of sp³-hybridized carbons (Fsp3) is 0.722. The zero-order valence-corrected chi connectivity index (χ0v) is 14.5. The fourth-order valence-electron chi connectivity index (χ4n) is 1.98. The van der Waals surface area contributed by atoms with Gasteiger partial charge in [0.1, 0.15) is 12.4 Å². The normalized spacial score (nSPS) is 10.3. The lowest BCUT2D eigenvalue weighted by Crippen LogP contribution is -1.97. The van der Waals surface area contributed by atoms with Crippen LogP contribution in [0, 0.1) is 0 Å². The van der Waals surface area contributed by atoms with E-state index in [1.54, 1.807) is 6.07 Å². The number of hydrogen-bond acceptors (Lipinski definition) is 6. The predicted octanol–water partition coefficient (Wildman–Crippen LogP) is 2.69. The highest BCUT2D eigenvalue weighted by Gasteiger charge is 1.96. The number of carbonyl (C=O) groups excluding carboxylic acids is 1.